The molecule has 0 aromatic heterocycles. The van der Waals surface area contributed by atoms with Crippen LogP contribution in [-0.2, 0) is 9.59 Å². The van der Waals surface area contributed by atoms with Gasteiger partial charge in [-0.25, -0.2) is 4.39 Å². The molecule has 0 aliphatic rings. The second-order valence-corrected chi connectivity index (χ2v) is 7.43. The van der Waals surface area contributed by atoms with Crippen LogP contribution < -0.4 is 15.4 Å². The van der Waals surface area contributed by atoms with Crippen molar-refractivity contribution < 1.29 is 18.7 Å². The van der Waals surface area contributed by atoms with Crippen molar-refractivity contribution in [1.29, 1.82) is 5.26 Å². The van der Waals surface area contributed by atoms with Crippen LogP contribution in [0.15, 0.2) is 72.3 Å². The Bertz CT molecular complexity index is 1270. The van der Waals surface area contributed by atoms with Crippen LogP contribution in [0.1, 0.15) is 11.1 Å². The molecule has 2 N–H and O–H groups in total. The molecule has 0 spiro atoms. The fourth-order valence-corrected chi connectivity index (χ4v) is 3.06. The largest absolute Gasteiger partial charge is 0.483 e. The molecular weight excluding hydrogens is 445 g/mol. The van der Waals surface area contributed by atoms with Gasteiger partial charge in [-0.3, -0.25) is 9.59 Å². The predicted molar refractivity (Wildman–Crippen MR) is 125 cm³/mol. The second kappa shape index (κ2) is 10.9. The highest BCUT2D eigenvalue weighted by atomic mass is 35.5. The number of nitriles is 1. The second-order valence-electron chi connectivity index (χ2n) is 6.99. The number of halogens is 2. The number of hydrogen-bond donors (Lipinski definition) is 2. The molecule has 0 bridgehead atoms. The van der Waals surface area contributed by atoms with Crippen LogP contribution in [-0.4, -0.2) is 18.4 Å². The number of nitrogens with one attached hydrogen (secondary N) is 2. The summed E-state index contributed by atoms with van der Waals surface area (Å²) < 4.78 is 19.3. The third-order valence-corrected chi connectivity index (χ3v) is 4.65. The van der Waals surface area contributed by atoms with E-state index >= 15 is 0 Å². The molecule has 33 heavy (non-hydrogen) atoms. The van der Waals surface area contributed by atoms with Crippen molar-refractivity contribution in [2.45, 2.75) is 6.92 Å². The number of carbonyl (C=O) groups is 2. The summed E-state index contributed by atoms with van der Waals surface area (Å²) in [6, 6.07) is 19.3. The minimum atomic E-state index is -0.605. The van der Waals surface area contributed by atoms with Gasteiger partial charge in [0.1, 0.15) is 23.2 Å². The van der Waals surface area contributed by atoms with Gasteiger partial charge < -0.3 is 15.4 Å². The summed E-state index contributed by atoms with van der Waals surface area (Å²) in [7, 11) is 0. The lowest BCUT2D eigenvalue weighted by Crippen LogP contribution is -2.21. The lowest BCUT2D eigenvalue weighted by molar-refractivity contribution is -0.118. The van der Waals surface area contributed by atoms with E-state index < -0.39 is 24.2 Å². The summed E-state index contributed by atoms with van der Waals surface area (Å²) in [6.07, 6.45) is 1.32. The Morgan fingerprint density at radius 3 is 2.61 bits per heavy atom. The topological polar surface area (TPSA) is 91.2 Å². The lowest BCUT2D eigenvalue weighted by atomic mass is 10.1. The third kappa shape index (κ3) is 6.66. The molecule has 0 radical (unpaired) electrons. The molecule has 0 unspecified atom stereocenters. The van der Waals surface area contributed by atoms with Gasteiger partial charge >= 0.3 is 0 Å². The Labute approximate surface area is 195 Å². The Balaban J connectivity index is 1.75. The van der Waals surface area contributed by atoms with E-state index in [2.05, 4.69) is 10.6 Å². The molecular formula is C25H19ClFN3O3. The summed E-state index contributed by atoms with van der Waals surface area (Å²) in [4.78, 5) is 24.8. The molecule has 3 aromatic rings. The monoisotopic (exact) mass is 463 g/mol. The van der Waals surface area contributed by atoms with Crippen LogP contribution in [0.25, 0.3) is 6.08 Å². The highest BCUT2D eigenvalue weighted by Crippen LogP contribution is 2.26. The number of carbonyl (C=O) groups excluding carboxylic acids is 2. The first-order valence-electron chi connectivity index (χ1n) is 9.82. The summed E-state index contributed by atoms with van der Waals surface area (Å²) in [6.45, 7) is 1.46. The van der Waals surface area contributed by atoms with Gasteiger partial charge in [-0.2, -0.15) is 5.26 Å². The molecule has 0 aliphatic carbocycles. The first-order valence-corrected chi connectivity index (χ1v) is 10.2. The van der Waals surface area contributed by atoms with Gasteiger partial charge in [-0.15, -0.1) is 0 Å². The van der Waals surface area contributed by atoms with Gasteiger partial charge in [0.05, 0.1) is 5.69 Å². The number of amides is 2. The van der Waals surface area contributed by atoms with E-state index in [0.717, 1.165) is 5.56 Å². The van der Waals surface area contributed by atoms with E-state index in [-0.39, 0.29) is 17.0 Å². The summed E-state index contributed by atoms with van der Waals surface area (Å²) >= 11 is 6.07. The summed E-state index contributed by atoms with van der Waals surface area (Å²) in [5, 5.41) is 14.9. The molecule has 0 aliphatic heterocycles. The van der Waals surface area contributed by atoms with Gasteiger partial charge in [0.15, 0.2) is 6.61 Å². The Morgan fingerprint density at radius 2 is 1.88 bits per heavy atom. The van der Waals surface area contributed by atoms with E-state index in [4.69, 9.17) is 16.3 Å². The molecule has 0 atom stereocenters. The highest BCUT2D eigenvalue weighted by Gasteiger charge is 2.13. The normalized spacial score (nSPS) is 10.8. The minimum Gasteiger partial charge on any atom is -0.483 e. The van der Waals surface area contributed by atoms with Crippen LogP contribution in [0.2, 0.25) is 5.02 Å². The van der Waals surface area contributed by atoms with Crippen molar-refractivity contribution in [2.75, 3.05) is 17.2 Å². The van der Waals surface area contributed by atoms with Crippen LogP contribution in [0.4, 0.5) is 15.8 Å². The Kier molecular flexibility index (Phi) is 7.79. The number of nitrogens with zero attached hydrogens (tertiary/aromatic N) is 1. The van der Waals surface area contributed by atoms with Crippen molar-refractivity contribution in [2.24, 2.45) is 0 Å². The minimum absolute atomic E-state index is 0.0295. The molecule has 8 heteroatoms. The maximum absolute atomic E-state index is 13.7. The van der Waals surface area contributed by atoms with E-state index in [1.54, 1.807) is 30.3 Å². The first-order chi connectivity index (χ1) is 15.9. The molecule has 166 valence electrons. The summed E-state index contributed by atoms with van der Waals surface area (Å²) in [5.41, 5.74) is 1.68. The number of aryl methyl sites for hydroxylation is 1. The van der Waals surface area contributed by atoms with Gasteiger partial charge in [0.25, 0.3) is 11.8 Å². The predicted octanol–water partition coefficient (Wildman–Crippen LogP) is 5.35. The fraction of sp³-hybridized carbons (Fsp3) is 0.0800. The molecule has 6 nitrogen and oxygen atoms in total. The average Bonchev–Trinajstić information content (AvgIpc) is 2.78. The molecule has 3 aromatic carbocycles. The lowest BCUT2D eigenvalue weighted by Gasteiger charge is -2.11. The van der Waals surface area contributed by atoms with Gasteiger partial charge in [0.2, 0.25) is 0 Å². The van der Waals surface area contributed by atoms with Gasteiger partial charge in [0, 0.05) is 16.3 Å². The van der Waals surface area contributed by atoms with Crippen LogP contribution >= 0.6 is 11.6 Å². The number of para-hydroxylation sites is 1. The Morgan fingerprint density at radius 1 is 1.09 bits per heavy atom. The highest BCUT2D eigenvalue weighted by molar-refractivity contribution is 6.30. The molecule has 0 saturated heterocycles. The number of anilines is 2. The van der Waals surface area contributed by atoms with Crippen LogP contribution in [0, 0.1) is 24.1 Å². The average molecular weight is 464 g/mol. The maximum atomic E-state index is 13.7. The zero-order chi connectivity index (χ0) is 23.8. The van der Waals surface area contributed by atoms with Crippen molar-refractivity contribution in [3.63, 3.8) is 0 Å². The SMILES string of the molecule is Cc1cccc(NC(=O)/C(C#N)=C/c2cc(Cl)ccc2OCC(=O)Nc2ccccc2F)c1. The third-order valence-electron chi connectivity index (χ3n) is 4.42. The fourth-order valence-electron chi connectivity index (χ4n) is 2.88. The van der Waals surface area contributed by atoms with E-state index in [0.29, 0.717) is 16.3 Å². The van der Waals surface area contributed by atoms with Crippen LogP contribution in [0.3, 0.4) is 0 Å². The van der Waals surface area contributed by atoms with Gasteiger partial charge in [-0.1, -0.05) is 35.9 Å². The van der Waals surface area contributed by atoms with Crippen molar-refractivity contribution >= 4 is 40.9 Å². The van der Waals surface area contributed by atoms with E-state index in [1.807, 2.05) is 19.1 Å². The molecule has 0 fully saturated rings. The molecule has 0 heterocycles. The van der Waals surface area contributed by atoms with Gasteiger partial charge in [-0.05, 0) is 61.0 Å². The first kappa shape index (κ1) is 23.5. The number of rotatable bonds is 7. The smallest absolute Gasteiger partial charge is 0.266 e. The van der Waals surface area contributed by atoms with Crippen LogP contribution in [0.5, 0.6) is 5.75 Å². The Hall–Kier alpha value is -4.15. The maximum Gasteiger partial charge on any atom is 0.266 e. The summed E-state index contributed by atoms with van der Waals surface area (Å²) in [5.74, 6) is -1.53. The molecule has 0 saturated carbocycles. The van der Waals surface area contributed by atoms with Crippen molar-refractivity contribution in [3.8, 4) is 11.8 Å². The zero-order valence-corrected chi connectivity index (χ0v) is 18.3. The quantitative estimate of drug-likeness (QED) is 0.365. The van der Waals surface area contributed by atoms with E-state index in [9.17, 15) is 19.2 Å². The van der Waals surface area contributed by atoms with Crippen molar-refractivity contribution in [3.05, 3.63) is 94.3 Å². The zero-order valence-electron chi connectivity index (χ0n) is 17.6. The number of hydrogen-bond acceptors (Lipinski definition) is 4. The molecule has 3 rings (SSSR count). The number of ether oxygens (including phenoxy) is 1. The standard InChI is InChI=1S/C25H19ClFN3O3/c1-16-5-4-6-20(11-16)29-25(32)18(14-28)12-17-13-19(26)9-10-23(17)33-15-24(31)30-22-8-3-2-7-21(22)27/h2-13H,15H2,1H3,(H,29,32)(H,30,31)/b18-12+. The number of benzene rings is 3. The molecule has 2 amide bonds. The van der Waals surface area contributed by atoms with E-state index in [1.165, 1.54) is 36.4 Å². The van der Waals surface area contributed by atoms with Crippen molar-refractivity contribution in [1.82, 2.24) is 0 Å².